The summed E-state index contributed by atoms with van der Waals surface area (Å²) in [5.41, 5.74) is 9.40. The fourth-order valence-corrected chi connectivity index (χ4v) is 5.97. The second-order valence-corrected chi connectivity index (χ2v) is 8.86. The van der Waals surface area contributed by atoms with E-state index < -0.39 is 0 Å². The Morgan fingerprint density at radius 3 is 3.00 bits per heavy atom. The number of anilines is 1. The van der Waals surface area contributed by atoms with Crippen LogP contribution < -0.4 is 10.6 Å². The first-order valence-corrected chi connectivity index (χ1v) is 11.1. The van der Waals surface area contributed by atoms with E-state index in [0.29, 0.717) is 17.8 Å². The lowest BCUT2D eigenvalue weighted by Crippen LogP contribution is -2.38. The molecule has 2 aromatic rings. The summed E-state index contributed by atoms with van der Waals surface area (Å²) in [6.07, 6.45) is 5.47. The number of allylic oxidation sites excluding steroid dienone is 3. The van der Waals surface area contributed by atoms with Crippen molar-refractivity contribution >= 4 is 34.6 Å². The van der Waals surface area contributed by atoms with Gasteiger partial charge >= 0.3 is 0 Å². The number of thioether (sulfide) groups is 1. The molecule has 0 radical (unpaired) electrons. The van der Waals surface area contributed by atoms with Gasteiger partial charge in [0.05, 0.1) is 29.4 Å². The molecule has 0 spiro atoms. The van der Waals surface area contributed by atoms with Gasteiger partial charge in [-0.25, -0.2) is 0 Å². The van der Waals surface area contributed by atoms with Crippen LogP contribution in [0.15, 0.2) is 63.5 Å². The molecule has 0 amide bonds. The van der Waals surface area contributed by atoms with Gasteiger partial charge in [0.1, 0.15) is 5.82 Å². The Bertz CT molecular complexity index is 1020. The van der Waals surface area contributed by atoms with Crippen LogP contribution >= 0.6 is 23.1 Å². The zero-order chi connectivity index (χ0) is 19.7. The monoisotopic (exact) mass is 408 g/mol. The minimum Gasteiger partial charge on any atom is -0.384 e. The van der Waals surface area contributed by atoms with E-state index in [1.165, 1.54) is 0 Å². The standard InChI is InChI=1S/C21H20N4OS2/c1-2-27-17-8-10-28-20(17)18-14(11-22)21(23)25(13-5-4-9-24-12-13)15-6-3-7-16(26)19(15)18/h4-5,8-10,12,18H,2-3,6-7,23H2,1H3/t18-/m1/s1. The van der Waals surface area contributed by atoms with Gasteiger partial charge in [-0.1, -0.05) is 6.92 Å². The predicted octanol–water partition coefficient (Wildman–Crippen LogP) is 4.56. The zero-order valence-corrected chi connectivity index (χ0v) is 17.1. The average molecular weight is 409 g/mol. The molecule has 28 heavy (non-hydrogen) atoms. The largest absolute Gasteiger partial charge is 0.384 e. The molecule has 1 atom stereocenters. The van der Waals surface area contributed by atoms with Gasteiger partial charge in [-0.05, 0) is 42.2 Å². The number of nitrogens with zero attached hydrogens (tertiary/aromatic N) is 3. The van der Waals surface area contributed by atoms with Gasteiger partial charge < -0.3 is 5.73 Å². The molecule has 5 nitrogen and oxygen atoms in total. The van der Waals surface area contributed by atoms with Gasteiger partial charge in [-0.15, -0.1) is 23.1 Å². The first-order valence-electron chi connectivity index (χ1n) is 9.23. The van der Waals surface area contributed by atoms with Crippen LogP contribution in [0.4, 0.5) is 5.69 Å². The smallest absolute Gasteiger partial charge is 0.161 e. The van der Waals surface area contributed by atoms with Crippen LogP contribution in [0.3, 0.4) is 0 Å². The number of carbonyl (C=O) groups excluding carboxylic acids is 1. The Morgan fingerprint density at radius 2 is 2.29 bits per heavy atom. The quantitative estimate of drug-likeness (QED) is 0.747. The molecule has 142 valence electrons. The Kier molecular flexibility index (Phi) is 5.25. The Balaban J connectivity index is 1.96. The van der Waals surface area contributed by atoms with E-state index in [2.05, 4.69) is 24.0 Å². The molecule has 0 fully saturated rings. The van der Waals surface area contributed by atoms with E-state index in [4.69, 9.17) is 5.73 Å². The van der Waals surface area contributed by atoms with Gasteiger partial charge in [0, 0.05) is 33.7 Å². The molecule has 1 aliphatic carbocycles. The van der Waals surface area contributed by atoms with Crippen LogP contribution in [-0.4, -0.2) is 16.5 Å². The van der Waals surface area contributed by atoms with Crippen LogP contribution in [0.25, 0.3) is 0 Å². The molecular formula is C21H20N4OS2. The van der Waals surface area contributed by atoms with Crippen LogP contribution in [0.2, 0.25) is 0 Å². The molecule has 7 heteroatoms. The molecule has 4 rings (SSSR count). The number of Topliss-reactive ketones (excluding diaryl/α,β-unsaturated/α-hetero) is 1. The van der Waals surface area contributed by atoms with Crippen molar-refractivity contribution in [1.29, 1.82) is 5.26 Å². The molecule has 1 aliphatic heterocycles. The fourth-order valence-electron chi connectivity index (χ4n) is 3.92. The van der Waals surface area contributed by atoms with E-state index in [1.807, 2.05) is 22.4 Å². The summed E-state index contributed by atoms with van der Waals surface area (Å²) in [4.78, 5) is 21.3. The highest BCUT2D eigenvalue weighted by atomic mass is 32.2. The minimum atomic E-state index is -0.380. The summed E-state index contributed by atoms with van der Waals surface area (Å²) in [5, 5.41) is 12.1. The molecular weight excluding hydrogens is 388 g/mol. The molecule has 3 heterocycles. The lowest BCUT2D eigenvalue weighted by atomic mass is 9.78. The van der Waals surface area contributed by atoms with Crippen LogP contribution in [0, 0.1) is 11.3 Å². The lowest BCUT2D eigenvalue weighted by molar-refractivity contribution is -0.116. The van der Waals surface area contributed by atoms with E-state index >= 15 is 0 Å². The van der Waals surface area contributed by atoms with E-state index in [0.717, 1.165) is 45.3 Å². The maximum atomic E-state index is 13.1. The summed E-state index contributed by atoms with van der Waals surface area (Å²) < 4.78 is 0. The van der Waals surface area contributed by atoms with Crippen molar-refractivity contribution in [3.8, 4) is 6.07 Å². The number of carbonyl (C=O) groups is 1. The summed E-state index contributed by atoms with van der Waals surface area (Å²) >= 11 is 3.33. The van der Waals surface area contributed by atoms with Crippen molar-refractivity contribution in [3.63, 3.8) is 0 Å². The molecule has 2 N–H and O–H groups in total. The molecule has 0 aromatic carbocycles. The number of thiophene rings is 1. The third kappa shape index (κ3) is 3.03. The minimum absolute atomic E-state index is 0.112. The highest BCUT2D eigenvalue weighted by Gasteiger charge is 2.41. The number of hydrogen-bond acceptors (Lipinski definition) is 7. The number of hydrogen-bond donors (Lipinski definition) is 1. The van der Waals surface area contributed by atoms with Crippen LogP contribution in [-0.2, 0) is 4.79 Å². The molecule has 0 saturated carbocycles. The molecule has 0 bridgehead atoms. The van der Waals surface area contributed by atoms with Crippen LogP contribution in [0.5, 0.6) is 0 Å². The van der Waals surface area contributed by atoms with Gasteiger partial charge in [-0.3, -0.25) is 14.7 Å². The van der Waals surface area contributed by atoms with Crippen molar-refractivity contribution in [2.24, 2.45) is 5.73 Å². The van der Waals surface area contributed by atoms with E-state index in [1.54, 1.807) is 35.5 Å². The van der Waals surface area contributed by atoms with Gasteiger partial charge in [0.15, 0.2) is 5.78 Å². The maximum Gasteiger partial charge on any atom is 0.161 e. The molecule has 0 saturated heterocycles. The van der Waals surface area contributed by atoms with E-state index in [9.17, 15) is 10.1 Å². The second-order valence-electron chi connectivity index (χ2n) is 6.61. The first kappa shape index (κ1) is 18.8. The van der Waals surface area contributed by atoms with Crippen molar-refractivity contribution in [3.05, 3.63) is 63.5 Å². The highest BCUT2D eigenvalue weighted by molar-refractivity contribution is 7.99. The maximum absolute atomic E-state index is 13.1. The molecule has 2 aliphatic rings. The fraction of sp³-hybridized carbons (Fsp3) is 0.286. The Labute approximate surface area is 172 Å². The average Bonchev–Trinajstić information content (AvgIpc) is 3.16. The highest BCUT2D eigenvalue weighted by Crippen LogP contribution is 2.49. The van der Waals surface area contributed by atoms with Gasteiger partial charge in [0.2, 0.25) is 0 Å². The van der Waals surface area contributed by atoms with Crippen molar-refractivity contribution in [2.75, 3.05) is 10.7 Å². The third-order valence-electron chi connectivity index (χ3n) is 5.04. The second kappa shape index (κ2) is 7.82. The number of pyridine rings is 1. The van der Waals surface area contributed by atoms with Gasteiger partial charge in [0.25, 0.3) is 0 Å². The Morgan fingerprint density at radius 1 is 1.43 bits per heavy atom. The number of ketones is 1. The summed E-state index contributed by atoms with van der Waals surface area (Å²) in [6.45, 7) is 2.10. The molecule has 0 unspecified atom stereocenters. The number of aromatic nitrogens is 1. The summed E-state index contributed by atoms with van der Waals surface area (Å²) in [7, 11) is 0. The number of nitriles is 1. The third-order valence-corrected chi connectivity index (χ3v) is 7.10. The van der Waals surface area contributed by atoms with Crippen molar-refractivity contribution in [2.45, 2.75) is 37.0 Å². The summed E-state index contributed by atoms with van der Waals surface area (Å²) in [6, 6.07) is 8.13. The predicted molar refractivity (Wildman–Crippen MR) is 113 cm³/mol. The first-order chi connectivity index (χ1) is 13.7. The number of rotatable bonds is 4. The molecule has 2 aromatic heterocycles. The topological polar surface area (TPSA) is 83.0 Å². The Hall–Kier alpha value is -2.56. The zero-order valence-electron chi connectivity index (χ0n) is 15.5. The van der Waals surface area contributed by atoms with Crippen LogP contribution in [0.1, 0.15) is 37.0 Å². The van der Waals surface area contributed by atoms with Crippen molar-refractivity contribution < 1.29 is 4.79 Å². The SMILES string of the molecule is CCSc1ccsc1[C@@H]1C(C#N)=C(N)N(c2cccnc2)C2=C1C(=O)CCC2. The summed E-state index contributed by atoms with van der Waals surface area (Å²) in [5.74, 6) is 1.06. The van der Waals surface area contributed by atoms with Gasteiger partial charge in [-0.2, -0.15) is 5.26 Å². The normalized spacial score (nSPS) is 19.6. The number of nitrogens with two attached hydrogens (primary N) is 1. The van der Waals surface area contributed by atoms with E-state index in [-0.39, 0.29) is 11.7 Å². The lowest BCUT2D eigenvalue weighted by Gasteiger charge is -2.39. The van der Waals surface area contributed by atoms with Crippen molar-refractivity contribution in [1.82, 2.24) is 4.98 Å².